The second-order valence-corrected chi connectivity index (χ2v) is 1.81. The largest absolute Gasteiger partial charge is 0.468 e. The van der Waals surface area contributed by atoms with Crippen molar-refractivity contribution in [1.82, 2.24) is 0 Å². The molecule has 0 aliphatic rings. The van der Waals surface area contributed by atoms with E-state index in [2.05, 4.69) is 11.3 Å². The fourth-order valence-electron chi connectivity index (χ4n) is 0.597. The molecule has 0 heterocycles. The highest BCUT2D eigenvalue weighted by molar-refractivity contribution is 5.76. The van der Waals surface area contributed by atoms with E-state index in [-0.39, 0.29) is 11.9 Å². The predicted octanol–water partition coefficient (Wildman–Crippen LogP) is 1.54. The summed E-state index contributed by atoms with van der Waals surface area (Å²) in [6.45, 7) is 5.34. The Bertz CT molecular complexity index is 147. The van der Waals surface area contributed by atoms with Gasteiger partial charge in [0.25, 0.3) is 0 Å². The molecular formula is C8H12O2. The molecule has 0 aliphatic carbocycles. The lowest BCUT2D eigenvalue weighted by molar-refractivity contribution is -0.142. The van der Waals surface area contributed by atoms with Gasteiger partial charge in [-0.1, -0.05) is 18.2 Å². The first-order valence-electron chi connectivity index (χ1n) is 3.09. The van der Waals surface area contributed by atoms with E-state index in [1.807, 2.05) is 6.92 Å². The molecule has 0 N–H and O–H groups in total. The summed E-state index contributed by atoms with van der Waals surface area (Å²) in [4.78, 5) is 10.8. The van der Waals surface area contributed by atoms with E-state index in [4.69, 9.17) is 0 Å². The molecule has 56 valence electrons. The van der Waals surface area contributed by atoms with Crippen LogP contribution in [-0.2, 0) is 9.53 Å². The molecule has 2 nitrogen and oxygen atoms in total. The molecule has 1 atom stereocenters. The van der Waals surface area contributed by atoms with Crippen molar-refractivity contribution < 1.29 is 9.53 Å². The number of ether oxygens (including phenoxy) is 1. The molecular weight excluding hydrogens is 128 g/mol. The van der Waals surface area contributed by atoms with Crippen molar-refractivity contribution in [2.75, 3.05) is 7.11 Å². The zero-order valence-electron chi connectivity index (χ0n) is 6.33. The summed E-state index contributed by atoms with van der Waals surface area (Å²) in [6.07, 6.45) is 5.08. The van der Waals surface area contributed by atoms with Gasteiger partial charge >= 0.3 is 5.97 Å². The van der Waals surface area contributed by atoms with Crippen LogP contribution in [-0.4, -0.2) is 13.1 Å². The zero-order chi connectivity index (χ0) is 7.98. The summed E-state index contributed by atoms with van der Waals surface area (Å²) >= 11 is 0. The Kier molecular flexibility index (Phi) is 4.29. The molecule has 0 aromatic carbocycles. The molecule has 2 heteroatoms. The average molecular weight is 140 g/mol. The number of hydrogen-bond acceptors (Lipinski definition) is 2. The summed E-state index contributed by atoms with van der Waals surface area (Å²) in [5.74, 6) is -0.567. The summed E-state index contributed by atoms with van der Waals surface area (Å²) in [6, 6.07) is 0. The molecule has 0 aromatic rings. The Morgan fingerprint density at radius 3 is 2.60 bits per heavy atom. The van der Waals surface area contributed by atoms with Gasteiger partial charge in [0.05, 0.1) is 13.0 Å². The number of rotatable bonds is 3. The topological polar surface area (TPSA) is 26.3 Å². The van der Waals surface area contributed by atoms with Crippen molar-refractivity contribution in [2.24, 2.45) is 5.92 Å². The molecule has 0 saturated heterocycles. The van der Waals surface area contributed by atoms with Crippen molar-refractivity contribution in [3.8, 4) is 0 Å². The minimum Gasteiger partial charge on any atom is -0.468 e. The van der Waals surface area contributed by atoms with E-state index in [0.29, 0.717) is 0 Å². The predicted molar refractivity (Wildman–Crippen MR) is 40.5 cm³/mol. The molecule has 0 rings (SSSR count). The van der Waals surface area contributed by atoms with E-state index >= 15 is 0 Å². The van der Waals surface area contributed by atoms with Gasteiger partial charge in [0.2, 0.25) is 0 Å². The van der Waals surface area contributed by atoms with Crippen LogP contribution in [0.1, 0.15) is 6.92 Å². The van der Waals surface area contributed by atoms with Gasteiger partial charge in [0, 0.05) is 0 Å². The summed E-state index contributed by atoms with van der Waals surface area (Å²) in [5.41, 5.74) is 0. The Hall–Kier alpha value is -1.05. The maximum absolute atomic E-state index is 10.8. The molecule has 10 heavy (non-hydrogen) atoms. The Morgan fingerprint density at radius 1 is 1.70 bits per heavy atom. The maximum Gasteiger partial charge on any atom is 0.316 e. The lowest BCUT2D eigenvalue weighted by atomic mass is 10.1. The van der Waals surface area contributed by atoms with Crippen LogP contribution in [0.3, 0.4) is 0 Å². The number of hydrogen-bond donors (Lipinski definition) is 0. The minimum absolute atomic E-state index is 0.270. The first-order chi connectivity index (χ1) is 4.76. The zero-order valence-corrected chi connectivity index (χ0v) is 6.33. The molecule has 1 unspecified atom stereocenters. The van der Waals surface area contributed by atoms with Crippen LogP contribution in [0.2, 0.25) is 0 Å². The molecule has 0 bridgehead atoms. The third kappa shape index (κ3) is 2.49. The van der Waals surface area contributed by atoms with E-state index in [1.165, 1.54) is 7.11 Å². The summed E-state index contributed by atoms with van der Waals surface area (Å²) in [5, 5.41) is 0. The van der Waals surface area contributed by atoms with Crippen molar-refractivity contribution in [3.05, 3.63) is 24.8 Å². The van der Waals surface area contributed by atoms with Crippen molar-refractivity contribution in [2.45, 2.75) is 6.92 Å². The highest BCUT2D eigenvalue weighted by Crippen LogP contribution is 2.01. The fraction of sp³-hybridized carbons (Fsp3) is 0.375. The van der Waals surface area contributed by atoms with E-state index in [9.17, 15) is 4.79 Å². The van der Waals surface area contributed by atoms with Crippen LogP contribution in [0.5, 0.6) is 0 Å². The van der Waals surface area contributed by atoms with Crippen LogP contribution in [0, 0.1) is 5.92 Å². The highest BCUT2D eigenvalue weighted by Gasteiger charge is 2.09. The highest BCUT2D eigenvalue weighted by atomic mass is 16.5. The molecule has 0 spiro atoms. The van der Waals surface area contributed by atoms with Crippen LogP contribution in [0.15, 0.2) is 24.8 Å². The van der Waals surface area contributed by atoms with Crippen LogP contribution in [0.25, 0.3) is 0 Å². The Morgan fingerprint density at radius 2 is 2.30 bits per heavy atom. The molecule has 0 aromatic heterocycles. The number of allylic oxidation sites excluding steroid dienone is 1. The third-order valence-electron chi connectivity index (χ3n) is 1.13. The Labute approximate surface area is 61.2 Å². The Balaban J connectivity index is 4.06. The lowest BCUT2D eigenvalue weighted by Gasteiger charge is -2.02. The maximum atomic E-state index is 10.8. The van der Waals surface area contributed by atoms with Crippen molar-refractivity contribution in [1.29, 1.82) is 0 Å². The quantitative estimate of drug-likeness (QED) is 0.439. The number of carbonyl (C=O) groups excluding carboxylic acids is 1. The average Bonchev–Trinajstić information content (AvgIpc) is 1.99. The number of carbonyl (C=O) groups is 1. The molecule has 0 fully saturated rings. The molecule has 0 amide bonds. The first-order valence-corrected chi connectivity index (χ1v) is 3.09. The SMILES string of the molecule is C=CC(/C=C/C)C(=O)OC. The fourth-order valence-corrected chi connectivity index (χ4v) is 0.597. The van der Waals surface area contributed by atoms with Gasteiger partial charge in [0.15, 0.2) is 0 Å². The third-order valence-corrected chi connectivity index (χ3v) is 1.13. The lowest BCUT2D eigenvalue weighted by Crippen LogP contribution is -2.10. The number of esters is 1. The van der Waals surface area contributed by atoms with Gasteiger partial charge in [-0.2, -0.15) is 0 Å². The minimum atomic E-state index is -0.296. The van der Waals surface area contributed by atoms with Gasteiger partial charge in [-0.3, -0.25) is 4.79 Å². The van der Waals surface area contributed by atoms with Gasteiger partial charge in [-0.25, -0.2) is 0 Å². The normalized spacial score (nSPS) is 13.0. The van der Waals surface area contributed by atoms with Crippen LogP contribution in [0.4, 0.5) is 0 Å². The molecule has 0 aliphatic heterocycles. The second kappa shape index (κ2) is 4.79. The van der Waals surface area contributed by atoms with Crippen LogP contribution < -0.4 is 0 Å². The van der Waals surface area contributed by atoms with Crippen molar-refractivity contribution >= 4 is 5.97 Å². The number of methoxy groups -OCH3 is 1. The summed E-state index contributed by atoms with van der Waals surface area (Å²) < 4.78 is 4.49. The van der Waals surface area contributed by atoms with Gasteiger partial charge in [0.1, 0.15) is 0 Å². The van der Waals surface area contributed by atoms with E-state index < -0.39 is 0 Å². The van der Waals surface area contributed by atoms with Gasteiger partial charge in [-0.15, -0.1) is 6.58 Å². The molecule has 0 radical (unpaired) electrons. The van der Waals surface area contributed by atoms with Gasteiger partial charge < -0.3 is 4.74 Å². The van der Waals surface area contributed by atoms with E-state index in [1.54, 1.807) is 18.2 Å². The second-order valence-electron chi connectivity index (χ2n) is 1.81. The summed E-state index contributed by atoms with van der Waals surface area (Å²) in [7, 11) is 1.36. The van der Waals surface area contributed by atoms with Crippen molar-refractivity contribution in [3.63, 3.8) is 0 Å². The monoisotopic (exact) mass is 140 g/mol. The van der Waals surface area contributed by atoms with Crippen LogP contribution >= 0.6 is 0 Å². The smallest absolute Gasteiger partial charge is 0.316 e. The molecule has 0 saturated carbocycles. The standard InChI is InChI=1S/C8H12O2/c1-4-6-7(5-2)8(9)10-3/h4-7H,2H2,1,3H3/b6-4+. The first kappa shape index (κ1) is 8.95. The van der Waals surface area contributed by atoms with Gasteiger partial charge in [-0.05, 0) is 6.92 Å². The van der Waals surface area contributed by atoms with E-state index in [0.717, 1.165) is 0 Å².